The number of hydrogen-bond donors (Lipinski definition) is 2. The quantitative estimate of drug-likeness (QED) is 0.0774. The van der Waals surface area contributed by atoms with Crippen LogP contribution in [0.4, 0.5) is 11.4 Å². The second-order valence-electron chi connectivity index (χ2n) is 13.7. The van der Waals surface area contributed by atoms with Crippen LogP contribution in [0, 0.1) is 5.41 Å². The number of nitrogens with one attached hydrogen (secondary N) is 1. The van der Waals surface area contributed by atoms with Crippen LogP contribution >= 0.6 is 0 Å². The molecule has 1 aliphatic rings. The molecule has 1 aliphatic carbocycles. The second-order valence-corrected chi connectivity index (χ2v) is 13.7. The van der Waals surface area contributed by atoms with Crippen LogP contribution in [0.5, 0.6) is 0 Å². The maximum Gasteiger partial charge on any atom is 0.159 e. The Morgan fingerprint density at radius 3 is 2.02 bits per heavy atom. The van der Waals surface area contributed by atoms with Crippen molar-refractivity contribution in [2.75, 3.05) is 4.90 Å². The van der Waals surface area contributed by atoms with Crippen molar-refractivity contribution in [1.82, 2.24) is 20.6 Å². The lowest BCUT2D eigenvalue weighted by molar-refractivity contribution is 0.315. The SMILES string of the molecule is N=C1C(c2cccc3c2ccc2ccccc23)=CC=C(N(c2cccc3nonc23)c2ccc(-c3ccc4ccc5ccccc5c4c3)c3nonc23)/C1=N/O. The lowest BCUT2D eigenvalue weighted by atomic mass is 9.87. The van der Waals surface area contributed by atoms with Gasteiger partial charge in [-0.15, -0.1) is 0 Å². The Hall–Kier alpha value is -7.98. The minimum absolute atomic E-state index is 0.0376. The molecular formula is C46H27N7O3. The van der Waals surface area contributed by atoms with Crippen LogP contribution < -0.4 is 4.90 Å². The van der Waals surface area contributed by atoms with E-state index in [9.17, 15) is 10.6 Å². The monoisotopic (exact) mass is 725 g/mol. The normalized spacial score (nSPS) is 14.1. The molecule has 0 saturated carbocycles. The summed E-state index contributed by atoms with van der Waals surface area (Å²) in [4.78, 5) is 1.84. The smallest absolute Gasteiger partial charge is 0.159 e. The maximum absolute atomic E-state index is 10.8. The molecule has 2 heterocycles. The number of aromatic nitrogens is 4. The van der Waals surface area contributed by atoms with E-state index in [-0.39, 0.29) is 11.4 Å². The molecule has 8 aromatic carbocycles. The zero-order valence-electron chi connectivity index (χ0n) is 29.4. The summed E-state index contributed by atoms with van der Waals surface area (Å²) in [6, 6.07) is 46.8. The molecule has 56 heavy (non-hydrogen) atoms. The third-order valence-corrected chi connectivity index (χ3v) is 10.8. The van der Waals surface area contributed by atoms with E-state index >= 15 is 0 Å². The number of nitrogens with zero attached hydrogens (tertiary/aromatic N) is 6. The van der Waals surface area contributed by atoms with Gasteiger partial charge in [0, 0.05) is 11.1 Å². The van der Waals surface area contributed by atoms with E-state index in [0.29, 0.717) is 44.7 Å². The van der Waals surface area contributed by atoms with Crippen LogP contribution in [-0.4, -0.2) is 37.3 Å². The fourth-order valence-electron chi connectivity index (χ4n) is 8.16. The van der Waals surface area contributed by atoms with E-state index < -0.39 is 0 Å². The summed E-state index contributed by atoms with van der Waals surface area (Å²) in [6.45, 7) is 0. The summed E-state index contributed by atoms with van der Waals surface area (Å²) in [7, 11) is 0. The van der Waals surface area contributed by atoms with Crippen molar-refractivity contribution in [2.24, 2.45) is 5.16 Å². The summed E-state index contributed by atoms with van der Waals surface area (Å²) in [5.41, 5.74) is 6.80. The summed E-state index contributed by atoms with van der Waals surface area (Å²) in [5.74, 6) is 0. The molecule has 0 saturated heterocycles. The second kappa shape index (κ2) is 12.3. The fourth-order valence-corrected chi connectivity index (χ4v) is 8.16. The van der Waals surface area contributed by atoms with Gasteiger partial charge in [0.2, 0.25) is 0 Å². The molecule has 10 heteroatoms. The van der Waals surface area contributed by atoms with Crippen molar-refractivity contribution >= 4 is 93.5 Å². The van der Waals surface area contributed by atoms with Gasteiger partial charge in [0.15, 0.2) is 16.7 Å². The van der Waals surface area contributed by atoms with Gasteiger partial charge in [-0.25, -0.2) is 9.26 Å². The van der Waals surface area contributed by atoms with Crippen molar-refractivity contribution in [3.05, 3.63) is 163 Å². The van der Waals surface area contributed by atoms with E-state index in [1.165, 1.54) is 0 Å². The van der Waals surface area contributed by atoms with Gasteiger partial charge < -0.3 is 10.1 Å². The minimum atomic E-state index is 0.0376. The zero-order valence-corrected chi connectivity index (χ0v) is 29.4. The third-order valence-electron chi connectivity index (χ3n) is 10.8. The topological polar surface area (TPSA) is 138 Å². The molecule has 0 radical (unpaired) electrons. The predicted octanol–water partition coefficient (Wildman–Crippen LogP) is 11.0. The molecule has 0 spiro atoms. The van der Waals surface area contributed by atoms with Gasteiger partial charge in [-0.3, -0.25) is 5.41 Å². The molecule has 0 atom stereocenters. The highest BCUT2D eigenvalue weighted by Crippen LogP contribution is 2.43. The first-order valence-electron chi connectivity index (χ1n) is 18.0. The van der Waals surface area contributed by atoms with Gasteiger partial charge in [0.25, 0.3) is 0 Å². The Labute approximate surface area is 317 Å². The van der Waals surface area contributed by atoms with E-state index in [1.54, 1.807) is 6.07 Å². The number of rotatable bonds is 5. The van der Waals surface area contributed by atoms with Crippen molar-refractivity contribution in [3.63, 3.8) is 0 Å². The lowest BCUT2D eigenvalue weighted by Gasteiger charge is -2.30. The molecule has 10 nitrogen and oxygen atoms in total. The highest BCUT2D eigenvalue weighted by molar-refractivity contribution is 6.63. The summed E-state index contributed by atoms with van der Waals surface area (Å²) in [5, 5.41) is 50.1. The Balaban J connectivity index is 1.11. The van der Waals surface area contributed by atoms with Crippen LogP contribution in [0.15, 0.2) is 172 Å². The van der Waals surface area contributed by atoms with Crippen LogP contribution in [0.1, 0.15) is 5.56 Å². The van der Waals surface area contributed by atoms with Crippen LogP contribution in [0.3, 0.4) is 0 Å². The molecule has 2 N–H and O–H groups in total. The molecule has 10 aromatic rings. The Kier molecular flexibility index (Phi) is 6.92. The van der Waals surface area contributed by atoms with Gasteiger partial charge in [-0.1, -0.05) is 114 Å². The minimum Gasteiger partial charge on any atom is -0.410 e. The number of allylic oxidation sites excluding steroid dienone is 4. The molecule has 0 fully saturated rings. The molecule has 11 rings (SSSR count). The van der Waals surface area contributed by atoms with Crippen molar-refractivity contribution in [2.45, 2.75) is 0 Å². The average molecular weight is 726 g/mol. The van der Waals surface area contributed by atoms with Crippen molar-refractivity contribution in [1.29, 1.82) is 5.41 Å². The van der Waals surface area contributed by atoms with Gasteiger partial charge in [-0.2, -0.15) is 0 Å². The Bertz CT molecular complexity index is 3380. The van der Waals surface area contributed by atoms with Crippen molar-refractivity contribution in [3.8, 4) is 11.1 Å². The Morgan fingerprint density at radius 2 is 1.18 bits per heavy atom. The highest BCUT2D eigenvalue weighted by atomic mass is 16.6. The van der Waals surface area contributed by atoms with Gasteiger partial charge in [0.05, 0.1) is 22.8 Å². The van der Waals surface area contributed by atoms with Crippen LogP contribution in [-0.2, 0) is 0 Å². The lowest BCUT2D eigenvalue weighted by Crippen LogP contribution is -2.31. The third kappa shape index (κ3) is 4.69. The number of hydrogen-bond acceptors (Lipinski definition) is 10. The largest absolute Gasteiger partial charge is 0.410 e. The fraction of sp³-hybridized carbons (Fsp3) is 0. The number of fused-ring (bicyclic) bond motifs is 8. The van der Waals surface area contributed by atoms with E-state index in [2.05, 4.69) is 98.6 Å². The molecular weight excluding hydrogens is 699 g/mol. The maximum atomic E-state index is 10.8. The van der Waals surface area contributed by atoms with Gasteiger partial charge in [-0.05, 0) is 117 Å². The zero-order chi connectivity index (χ0) is 37.3. The molecule has 2 aromatic heterocycles. The Morgan fingerprint density at radius 1 is 0.518 bits per heavy atom. The molecule has 264 valence electrons. The predicted molar refractivity (Wildman–Crippen MR) is 221 cm³/mol. The van der Waals surface area contributed by atoms with E-state index in [4.69, 9.17) is 9.26 Å². The van der Waals surface area contributed by atoms with Crippen molar-refractivity contribution < 1.29 is 14.5 Å². The first-order chi connectivity index (χ1) is 27.7. The molecule has 0 aliphatic heterocycles. The van der Waals surface area contributed by atoms with E-state index in [0.717, 1.165) is 59.8 Å². The first kappa shape index (κ1) is 31.5. The van der Waals surface area contributed by atoms with Gasteiger partial charge in [0.1, 0.15) is 11.0 Å². The van der Waals surface area contributed by atoms with Crippen LogP contribution in [0.2, 0.25) is 0 Å². The standard InChI is InChI=1S/C46H27N7O3/c47-42-36(34-12-5-11-33-30-9-3-1-8-27(30)19-20-35(33)34)22-24-40(45(42)48-54)53(39-14-6-13-38-44(39)51-55-49-38)41-23-21-32(43-46(41)52-56-50-43)29-18-17-28-16-15-26-7-2-4-10-31(26)37(28)25-29/h1-25,47,54H/b47-42?,48-45-. The molecule has 0 bridgehead atoms. The summed E-state index contributed by atoms with van der Waals surface area (Å²) < 4.78 is 10.7. The van der Waals surface area contributed by atoms with E-state index in [1.807, 2.05) is 77.7 Å². The summed E-state index contributed by atoms with van der Waals surface area (Å²) >= 11 is 0. The van der Waals surface area contributed by atoms with Gasteiger partial charge >= 0.3 is 0 Å². The first-order valence-corrected chi connectivity index (χ1v) is 18.0. The molecule has 0 unspecified atom stereocenters. The summed E-state index contributed by atoms with van der Waals surface area (Å²) in [6.07, 6.45) is 3.73. The number of benzene rings is 8. The molecule has 0 amide bonds. The average Bonchev–Trinajstić information content (AvgIpc) is 3.95. The number of anilines is 2. The number of oxime groups is 1. The van der Waals surface area contributed by atoms with Crippen LogP contribution in [0.25, 0.3) is 81.9 Å². The highest BCUT2D eigenvalue weighted by Gasteiger charge is 2.32.